The molecule has 1 aromatic heterocycles. The highest BCUT2D eigenvalue weighted by Crippen LogP contribution is 2.16. The van der Waals surface area contributed by atoms with Crippen molar-refractivity contribution in [2.75, 3.05) is 5.73 Å². The Labute approximate surface area is 112 Å². The number of para-hydroxylation sites is 1. The third-order valence-corrected chi connectivity index (χ3v) is 3.01. The molecule has 0 atom stereocenters. The molecule has 1 heterocycles. The summed E-state index contributed by atoms with van der Waals surface area (Å²) >= 11 is 0. The number of nitrogens with one attached hydrogen (secondary N) is 1. The molecule has 0 bridgehead atoms. The number of nitrogens with two attached hydrogens (primary N) is 1. The summed E-state index contributed by atoms with van der Waals surface area (Å²) in [5, 5.41) is 6.51. The van der Waals surface area contributed by atoms with Gasteiger partial charge in [-0.1, -0.05) is 18.2 Å². The summed E-state index contributed by atoms with van der Waals surface area (Å²) in [6.07, 6.45) is 1.57. The van der Waals surface area contributed by atoms with E-state index in [4.69, 9.17) is 5.73 Å². The summed E-state index contributed by atoms with van der Waals surface area (Å²) < 4.78 is 0. The lowest BCUT2D eigenvalue weighted by Crippen LogP contribution is -2.36. The number of anilines is 1. The SMILES string of the molecule is CC(C)N(Cc1ccccc1N)C(=O)c1ccn[nH]1. The van der Waals surface area contributed by atoms with Crippen LogP contribution in [0.3, 0.4) is 0 Å². The van der Waals surface area contributed by atoms with Crippen molar-refractivity contribution in [3.63, 3.8) is 0 Å². The smallest absolute Gasteiger partial charge is 0.272 e. The first-order valence-electron chi connectivity index (χ1n) is 6.23. The van der Waals surface area contributed by atoms with Crippen molar-refractivity contribution in [3.8, 4) is 0 Å². The molecule has 1 amide bonds. The summed E-state index contributed by atoms with van der Waals surface area (Å²) in [5.41, 5.74) is 8.07. The van der Waals surface area contributed by atoms with Crippen LogP contribution in [0.2, 0.25) is 0 Å². The molecule has 5 nitrogen and oxygen atoms in total. The minimum atomic E-state index is -0.0734. The first kappa shape index (κ1) is 13.1. The Hall–Kier alpha value is -2.30. The van der Waals surface area contributed by atoms with Gasteiger partial charge in [0.2, 0.25) is 0 Å². The summed E-state index contributed by atoms with van der Waals surface area (Å²) in [5.74, 6) is -0.0734. The number of nitrogen functional groups attached to an aromatic ring is 1. The molecule has 3 N–H and O–H groups in total. The lowest BCUT2D eigenvalue weighted by molar-refractivity contribution is 0.0684. The van der Waals surface area contributed by atoms with Gasteiger partial charge in [0.15, 0.2) is 0 Å². The van der Waals surface area contributed by atoms with Crippen LogP contribution in [0.4, 0.5) is 5.69 Å². The normalized spacial score (nSPS) is 10.7. The van der Waals surface area contributed by atoms with Gasteiger partial charge in [-0.05, 0) is 31.5 Å². The van der Waals surface area contributed by atoms with Crippen LogP contribution in [-0.4, -0.2) is 27.0 Å². The minimum Gasteiger partial charge on any atom is -0.398 e. The van der Waals surface area contributed by atoms with Gasteiger partial charge in [-0.2, -0.15) is 5.10 Å². The number of amides is 1. The van der Waals surface area contributed by atoms with Gasteiger partial charge in [0.05, 0.1) is 0 Å². The molecule has 100 valence electrons. The number of rotatable bonds is 4. The van der Waals surface area contributed by atoms with E-state index in [9.17, 15) is 4.79 Å². The monoisotopic (exact) mass is 258 g/mol. The predicted octanol–water partition coefficient (Wildman–Crippen LogP) is 2.04. The zero-order valence-electron chi connectivity index (χ0n) is 11.1. The number of hydrogen-bond acceptors (Lipinski definition) is 3. The number of aromatic nitrogens is 2. The van der Waals surface area contributed by atoms with Crippen LogP contribution in [0.25, 0.3) is 0 Å². The van der Waals surface area contributed by atoms with Gasteiger partial charge in [-0.25, -0.2) is 0 Å². The minimum absolute atomic E-state index is 0.0734. The molecule has 0 radical (unpaired) electrons. The molecule has 0 unspecified atom stereocenters. The van der Waals surface area contributed by atoms with E-state index in [1.807, 2.05) is 38.1 Å². The number of benzene rings is 1. The van der Waals surface area contributed by atoms with E-state index in [1.54, 1.807) is 17.2 Å². The maximum absolute atomic E-state index is 12.4. The summed E-state index contributed by atoms with van der Waals surface area (Å²) in [7, 11) is 0. The van der Waals surface area contributed by atoms with E-state index in [1.165, 1.54) is 0 Å². The average Bonchev–Trinajstić information content (AvgIpc) is 2.90. The fourth-order valence-corrected chi connectivity index (χ4v) is 1.88. The molecule has 0 fully saturated rings. The molecule has 0 saturated heterocycles. The van der Waals surface area contributed by atoms with Crippen LogP contribution >= 0.6 is 0 Å². The fourth-order valence-electron chi connectivity index (χ4n) is 1.88. The molecule has 0 spiro atoms. The van der Waals surface area contributed by atoms with Gasteiger partial charge in [0, 0.05) is 24.5 Å². The molecular formula is C14H18N4O. The Morgan fingerprint density at radius 1 is 1.37 bits per heavy atom. The van der Waals surface area contributed by atoms with Gasteiger partial charge in [-0.15, -0.1) is 0 Å². The van der Waals surface area contributed by atoms with Gasteiger partial charge in [0.1, 0.15) is 5.69 Å². The molecular weight excluding hydrogens is 240 g/mol. The maximum atomic E-state index is 12.4. The number of carbonyl (C=O) groups is 1. The molecule has 0 aliphatic rings. The predicted molar refractivity (Wildman–Crippen MR) is 74.5 cm³/mol. The molecule has 2 rings (SSSR count). The van der Waals surface area contributed by atoms with E-state index < -0.39 is 0 Å². The van der Waals surface area contributed by atoms with Gasteiger partial charge in [0.25, 0.3) is 5.91 Å². The van der Waals surface area contributed by atoms with Crippen LogP contribution in [0.15, 0.2) is 36.5 Å². The molecule has 19 heavy (non-hydrogen) atoms. The Morgan fingerprint density at radius 2 is 2.11 bits per heavy atom. The second kappa shape index (κ2) is 5.56. The maximum Gasteiger partial charge on any atom is 0.272 e. The molecule has 2 aromatic rings. The van der Waals surface area contributed by atoms with Crippen LogP contribution in [0, 0.1) is 0 Å². The standard InChI is InChI=1S/C14H18N4O/c1-10(2)18(14(19)13-7-8-16-17-13)9-11-5-3-4-6-12(11)15/h3-8,10H,9,15H2,1-2H3,(H,16,17). The van der Waals surface area contributed by atoms with Crippen molar-refractivity contribution in [3.05, 3.63) is 47.8 Å². The van der Waals surface area contributed by atoms with E-state index in [0.717, 1.165) is 5.56 Å². The topological polar surface area (TPSA) is 75.0 Å². The van der Waals surface area contributed by atoms with Crippen molar-refractivity contribution in [1.29, 1.82) is 0 Å². The number of nitrogens with zero attached hydrogens (tertiary/aromatic N) is 2. The zero-order chi connectivity index (χ0) is 13.8. The molecule has 0 aliphatic carbocycles. The quantitative estimate of drug-likeness (QED) is 0.824. The van der Waals surface area contributed by atoms with E-state index in [2.05, 4.69) is 10.2 Å². The van der Waals surface area contributed by atoms with Crippen molar-refractivity contribution in [1.82, 2.24) is 15.1 Å². The summed E-state index contributed by atoms with van der Waals surface area (Å²) in [4.78, 5) is 14.1. The largest absolute Gasteiger partial charge is 0.398 e. The first-order valence-corrected chi connectivity index (χ1v) is 6.23. The Balaban J connectivity index is 2.22. The lowest BCUT2D eigenvalue weighted by Gasteiger charge is -2.26. The van der Waals surface area contributed by atoms with Crippen LogP contribution in [0.1, 0.15) is 29.9 Å². The lowest BCUT2D eigenvalue weighted by atomic mass is 10.1. The number of carbonyl (C=O) groups excluding carboxylic acids is 1. The van der Waals surface area contributed by atoms with E-state index >= 15 is 0 Å². The average molecular weight is 258 g/mol. The summed E-state index contributed by atoms with van der Waals surface area (Å²) in [6.45, 7) is 4.45. The second-order valence-corrected chi connectivity index (χ2v) is 4.70. The van der Waals surface area contributed by atoms with E-state index in [0.29, 0.717) is 17.9 Å². The van der Waals surface area contributed by atoms with Crippen molar-refractivity contribution < 1.29 is 4.79 Å². The summed E-state index contributed by atoms with van der Waals surface area (Å²) in [6, 6.07) is 9.33. The van der Waals surface area contributed by atoms with Crippen LogP contribution in [-0.2, 0) is 6.54 Å². The third kappa shape index (κ3) is 2.93. The number of H-pyrrole nitrogens is 1. The Morgan fingerprint density at radius 3 is 2.68 bits per heavy atom. The molecule has 0 aliphatic heterocycles. The van der Waals surface area contributed by atoms with Crippen molar-refractivity contribution in [2.24, 2.45) is 0 Å². The van der Waals surface area contributed by atoms with Crippen molar-refractivity contribution in [2.45, 2.75) is 26.4 Å². The third-order valence-electron chi connectivity index (χ3n) is 3.01. The fraction of sp³-hybridized carbons (Fsp3) is 0.286. The zero-order valence-corrected chi connectivity index (χ0v) is 11.1. The Bertz CT molecular complexity index is 548. The van der Waals surface area contributed by atoms with Crippen LogP contribution in [0.5, 0.6) is 0 Å². The van der Waals surface area contributed by atoms with Crippen molar-refractivity contribution >= 4 is 11.6 Å². The Kier molecular flexibility index (Phi) is 3.85. The molecule has 0 saturated carbocycles. The molecule has 5 heteroatoms. The highest BCUT2D eigenvalue weighted by atomic mass is 16.2. The second-order valence-electron chi connectivity index (χ2n) is 4.70. The van der Waals surface area contributed by atoms with E-state index in [-0.39, 0.29) is 11.9 Å². The highest BCUT2D eigenvalue weighted by Gasteiger charge is 2.20. The van der Waals surface area contributed by atoms with Crippen LogP contribution < -0.4 is 5.73 Å². The number of hydrogen-bond donors (Lipinski definition) is 2. The highest BCUT2D eigenvalue weighted by molar-refractivity contribution is 5.92. The van der Waals surface area contributed by atoms with Gasteiger partial charge >= 0.3 is 0 Å². The molecule has 1 aromatic carbocycles. The number of aromatic amines is 1. The van der Waals surface area contributed by atoms with Gasteiger partial charge < -0.3 is 10.6 Å². The first-order chi connectivity index (χ1) is 9.09. The van der Waals surface area contributed by atoms with Gasteiger partial charge in [-0.3, -0.25) is 9.89 Å².